The molecule has 6 heteroatoms. The minimum atomic E-state index is -4.39. The lowest BCUT2D eigenvalue weighted by molar-refractivity contribution is -0.137. The number of halogens is 3. The van der Waals surface area contributed by atoms with E-state index in [1.54, 1.807) is 6.07 Å². The van der Waals surface area contributed by atoms with Gasteiger partial charge in [-0.15, -0.1) is 0 Å². The second-order valence-corrected chi connectivity index (χ2v) is 5.27. The molecule has 19 heavy (non-hydrogen) atoms. The van der Waals surface area contributed by atoms with E-state index in [1.165, 1.54) is 6.07 Å². The molecule has 1 saturated heterocycles. The number of hydrogen-bond acceptors (Lipinski definition) is 2. The molecule has 0 bridgehead atoms. The first kappa shape index (κ1) is 13.7. The van der Waals surface area contributed by atoms with Gasteiger partial charge in [0.25, 0.3) is 0 Å². The largest absolute Gasteiger partial charge is 0.449 e. The zero-order chi connectivity index (χ0) is 14.3. The molecule has 1 atom stereocenters. The summed E-state index contributed by atoms with van der Waals surface area (Å²) in [5.74, 6) is 0. The van der Waals surface area contributed by atoms with Gasteiger partial charge in [-0.3, -0.25) is 0 Å². The van der Waals surface area contributed by atoms with Crippen LogP contribution in [0.1, 0.15) is 31.0 Å². The maximum atomic E-state index is 12.7. The van der Waals surface area contributed by atoms with Crippen molar-refractivity contribution in [1.29, 1.82) is 0 Å². The molecule has 3 nitrogen and oxygen atoms in total. The number of ether oxygens (including phenoxy) is 1. The maximum Gasteiger partial charge on any atom is 0.416 e. The predicted molar refractivity (Wildman–Crippen MR) is 62.4 cm³/mol. The molecule has 0 radical (unpaired) electrons. The number of carbonyl (C=O) groups excluding carboxylic acids is 1. The van der Waals surface area contributed by atoms with Crippen LogP contribution in [0.3, 0.4) is 0 Å². The monoisotopic (exact) mass is 273 g/mol. The number of alkyl carbamates (subject to hydrolysis) is 1. The van der Waals surface area contributed by atoms with Crippen molar-refractivity contribution in [3.05, 3.63) is 35.4 Å². The Balaban J connectivity index is 2.37. The number of cyclic esters (lactones) is 1. The van der Waals surface area contributed by atoms with Crippen LogP contribution in [-0.4, -0.2) is 12.7 Å². The van der Waals surface area contributed by atoms with Crippen molar-refractivity contribution in [2.75, 3.05) is 6.61 Å². The third kappa shape index (κ3) is 2.83. The lowest BCUT2D eigenvalue weighted by Crippen LogP contribution is -2.46. The molecule has 1 aromatic rings. The predicted octanol–water partition coefficient (Wildman–Crippen LogP) is 3.51. The highest BCUT2D eigenvalue weighted by Crippen LogP contribution is 2.38. The number of hydrogen-bond donors (Lipinski definition) is 1. The van der Waals surface area contributed by atoms with Gasteiger partial charge in [-0.05, 0) is 17.7 Å². The Labute approximate surface area is 108 Å². The summed E-state index contributed by atoms with van der Waals surface area (Å²) in [6.45, 7) is 3.83. The summed E-state index contributed by atoms with van der Waals surface area (Å²) in [5, 5.41) is 2.57. The van der Waals surface area contributed by atoms with Gasteiger partial charge in [-0.25, -0.2) is 4.79 Å². The number of rotatable bonds is 1. The molecule has 1 amide bonds. The molecule has 2 rings (SSSR count). The Morgan fingerprint density at radius 1 is 1.37 bits per heavy atom. The lowest BCUT2D eigenvalue weighted by Gasteiger charge is -2.38. The van der Waals surface area contributed by atoms with Crippen molar-refractivity contribution in [2.45, 2.75) is 26.1 Å². The highest BCUT2D eigenvalue weighted by atomic mass is 19.4. The van der Waals surface area contributed by atoms with Crippen molar-refractivity contribution < 1.29 is 22.7 Å². The van der Waals surface area contributed by atoms with Crippen LogP contribution in [0.15, 0.2) is 24.3 Å². The third-order valence-corrected chi connectivity index (χ3v) is 3.17. The Hall–Kier alpha value is -1.72. The molecule has 1 heterocycles. The molecule has 0 aromatic heterocycles. The highest BCUT2D eigenvalue weighted by Gasteiger charge is 2.39. The average molecular weight is 273 g/mol. The topological polar surface area (TPSA) is 38.3 Å². The van der Waals surface area contributed by atoms with Gasteiger partial charge < -0.3 is 10.1 Å². The van der Waals surface area contributed by atoms with Crippen molar-refractivity contribution >= 4 is 6.09 Å². The Bertz CT molecular complexity index is 497. The molecule has 1 N–H and O–H groups in total. The number of nitrogens with one attached hydrogen (secondary N) is 1. The van der Waals surface area contributed by atoms with Crippen LogP contribution in [0.25, 0.3) is 0 Å². The number of carbonyl (C=O) groups is 1. The van der Waals surface area contributed by atoms with Gasteiger partial charge >= 0.3 is 12.3 Å². The lowest BCUT2D eigenvalue weighted by atomic mass is 9.80. The Morgan fingerprint density at radius 3 is 2.68 bits per heavy atom. The minimum absolute atomic E-state index is 0.166. The molecule has 0 unspecified atom stereocenters. The fourth-order valence-electron chi connectivity index (χ4n) is 2.12. The van der Waals surface area contributed by atoms with E-state index in [9.17, 15) is 18.0 Å². The van der Waals surface area contributed by atoms with Gasteiger partial charge in [-0.1, -0.05) is 26.0 Å². The Kier molecular flexibility index (Phi) is 3.20. The first-order valence-electron chi connectivity index (χ1n) is 5.80. The quantitative estimate of drug-likeness (QED) is 0.850. The normalized spacial score (nSPS) is 22.6. The molecule has 0 spiro atoms. The average Bonchev–Trinajstić information content (AvgIpc) is 2.31. The van der Waals surface area contributed by atoms with Crippen LogP contribution in [-0.2, 0) is 10.9 Å². The van der Waals surface area contributed by atoms with E-state index in [4.69, 9.17) is 4.74 Å². The molecule has 1 aliphatic rings. The summed E-state index contributed by atoms with van der Waals surface area (Å²) in [7, 11) is 0. The summed E-state index contributed by atoms with van der Waals surface area (Å²) >= 11 is 0. The smallest absolute Gasteiger partial charge is 0.416 e. The standard InChI is InChI=1S/C13H14F3NO2/c1-12(2)7-19-11(18)17-10(12)8-4-3-5-9(6-8)13(14,15)16/h3-6,10H,7H2,1-2H3,(H,17,18)/t10-/m1/s1. The van der Waals surface area contributed by atoms with E-state index in [2.05, 4.69) is 5.32 Å². The van der Waals surface area contributed by atoms with Crippen LogP contribution in [0, 0.1) is 5.41 Å². The van der Waals surface area contributed by atoms with Crippen molar-refractivity contribution in [3.63, 3.8) is 0 Å². The van der Waals surface area contributed by atoms with E-state index in [0.29, 0.717) is 5.56 Å². The van der Waals surface area contributed by atoms with E-state index in [1.807, 2.05) is 13.8 Å². The summed E-state index contributed by atoms with van der Waals surface area (Å²) in [6.07, 6.45) is -5.00. The SMILES string of the molecule is CC1(C)COC(=O)N[C@@H]1c1cccc(C(F)(F)F)c1. The first-order chi connectivity index (χ1) is 8.70. The van der Waals surface area contributed by atoms with Crippen molar-refractivity contribution in [2.24, 2.45) is 5.41 Å². The minimum Gasteiger partial charge on any atom is -0.449 e. The second-order valence-electron chi connectivity index (χ2n) is 5.27. The molecule has 0 aliphatic carbocycles. The number of amides is 1. The summed E-state index contributed by atoms with van der Waals surface area (Å²) in [4.78, 5) is 11.3. The fourth-order valence-corrected chi connectivity index (χ4v) is 2.12. The van der Waals surface area contributed by atoms with Gasteiger partial charge in [0.1, 0.15) is 6.61 Å². The van der Waals surface area contributed by atoms with Gasteiger partial charge in [0.15, 0.2) is 0 Å². The van der Waals surface area contributed by atoms with Gasteiger partial charge in [0, 0.05) is 5.41 Å². The summed E-state index contributed by atoms with van der Waals surface area (Å²) in [5.41, 5.74) is -0.768. The van der Waals surface area contributed by atoms with Crippen LogP contribution in [0.2, 0.25) is 0 Å². The maximum absolute atomic E-state index is 12.7. The fraction of sp³-hybridized carbons (Fsp3) is 0.462. The van der Waals surface area contributed by atoms with E-state index in [-0.39, 0.29) is 6.61 Å². The second kappa shape index (κ2) is 4.43. The molecule has 1 aliphatic heterocycles. The van der Waals surface area contributed by atoms with Crippen LogP contribution in [0.4, 0.5) is 18.0 Å². The molecule has 1 aromatic carbocycles. The van der Waals surface area contributed by atoms with Gasteiger partial charge in [-0.2, -0.15) is 13.2 Å². The van der Waals surface area contributed by atoms with E-state index >= 15 is 0 Å². The molecular weight excluding hydrogens is 259 g/mol. The van der Waals surface area contributed by atoms with Crippen LogP contribution >= 0.6 is 0 Å². The number of benzene rings is 1. The van der Waals surface area contributed by atoms with Crippen LogP contribution in [0.5, 0.6) is 0 Å². The zero-order valence-electron chi connectivity index (χ0n) is 10.5. The molecule has 104 valence electrons. The molecule has 0 saturated carbocycles. The number of alkyl halides is 3. The zero-order valence-corrected chi connectivity index (χ0v) is 10.5. The third-order valence-electron chi connectivity index (χ3n) is 3.17. The van der Waals surface area contributed by atoms with E-state index < -0.39 is 29.3 Å². The highest BCUT2D eigenvalue weighted by molar-refractivity contribution is 5.69. The van der Waals surface area contributed by atoms with Gasteiger partial charge in [0.05, 0.1) is 11.6 Å². The van der Waals surface area contributed by atoms with Crippen molar-refractivity contribution in [1.82, 2.24) is 5.32 Å². The molecular formula is C13H14F3NO2. The summed E-state index contributed by atoms with van der Waals surface area (Å²) in [6, 6.07) is 4.50. The Morgan fingerprint density at radius 2 is 2.05 bits per heavy atom. The van der Waals surface area contributed by atoms with Crippen molar-refractivity contribution in [3.8, 4) is 0 Å². The molecule has 1 fully saturated rings. The first-order valence-corrected chi connectivity index (χ1v) is 5.80. The summed E-state index contributed by atoms with van der Waals surface area (Å²) < 4.78 is 42.9. The van der Waals surface area contributed by atoms with Crippen LogP contribution < -0.4 is 5.32 Å². The van der Waals surface area contributed by atoms with E-state index in [0.717, 1.165) is 12.1 Å². The van der Waals surface area contributed by atoms with Gasteiger partial charge in [0.2, 0.25) is 0 Å².